The smallest absolute Gasteiger partial charge is 0.309 e. The highest BCUT2D eigenvalue weighted by Crippen LogP contribution is 2.34. The Hall–Kier alpha value is -0.350. The largest absolute Gasteiger partial charge is 0.469 e. The van der Waals surface area contributed by atoms with Crippen molar-refractivity contribution in [1.82, 2.24) is 0 Å². The summed E-state index contributed by atoms with van der Waals surface area (Å²) in [7, 11) is 1.40. The Morgan fingerprint density at radius 3 is 2.94 bits per heavy atom. The lowest BCUT2D eigenvalue weighted by molar-refractivity contribution is -0.139. The van der Waals surface area contributed by atoms with Crippen molar-refractivity contribution in [2.45, 2.75) is 56.1 Å². The van der Waals surface area contributed by atoms with Gasteiger partial charge in [0.2, 0.25) is 0 Å². The standard InChI is InChI=1S/C13H21BrO3/c1-3-4-5-8-11-13(17-11)10(14)7-6-9-12(15)16-2/h6-7,10-11,13H,3-5,8-9H2,1-2H3. The van der Waals surface area contributed by atoms with Crippen LogP contribution in [0.5, 0.6) is 0 Å². The molecule has 1 saturated heterocycles. The van der Waals surface area contributed by atoms with Gasteiger partial charge in [0.15, 0.2) is 0 Å². The van der Waals surface area contributed by atoms with Gasteiger partial charge in [0.1, 0.15) is 6.10 Å². The number of hydrogen-bond donors (Lipinski definition) is 0. The second-order valence-electron chi connectivity index (χ2n) is 4.29. The molecule has 3 atom stereocenters. The number of methoxy groups -OCH3 is 1. The van der Waals surface area contributed by atoms with Gasteiger partial charge in [-0.3, -0.25) is 4.79 Å². The molecule has 0 spiro atoms. The fourth-order valence-corrected chi connectivity index (χ4v) is 2.43. The Balaban J connectivity index is 2.13. The van der Waals surface area contributed by atoms with Crippen LogP contribution in [0.4, 0.5) is 0 Å². The lowest BCUT2D eigenvalue weighted by Crippen LogP contribution is -2.07. The molecule has 1 aliphatic heterocycles. The molecule has 1 fully saturated rings. The van der Waals surface area contributed by atoms with E-state index in [2.05, 4.69) is 27.6 Å². The minimum absolute atomic E-state index is 0.207. The van der Waals surface area contributed by atoms with Crippen molar-refractivity contribution in [1.29, 1.82) is 0 Å². The molecule has 0 saturated carbocycles. The normalized spacial score (nSPS) is 24.9. The molecule has 1 aliphatic rings. The maximum Gasteiger partial charge on any atom is 0.309 e. The monoisotopic (exact) mass is 304 g/mol. The number of alkyl halides is 1. The van der Waals surface area contributed by atoms with E-state index in [1.54, 1.807) is 0 Å². The Bertz CT molecular complexity index is 265. The van der Waals surface area contributed by atoms with E-state index < -0.39 is 0 Å². The fourth-order valence-electron chi connectivity index (χ4n) is 1.75. The molecule has 0 aromatic heterocycles. The van der Waals surface area contributed by atoms with Crippen LogP contribution >= 0.6 is 15.9 Å². The van der Waals surface area contributed by atoms with Gasteiger partial charge in [0, 0.05) is 0 Å². The van der Waals surface area contributed by atoms with Crippen molar-refractivity contribution < 1.29 is 14.3 Å². The number of unbranched alkanes of at least 4 members (excludes halogenated alkanes) is 2. The third-order valence-corrected chi connectivity index (χ3v) is 3.69. The molecule has 0 radical (unpaired) electrons. The predicted octanol–water partition coefficient (Wildman–Crippen LogP) is 3.22. The van der Waals surface area contributed by atoms with Crippen LogP contribution in [0.2, 0.25) is 0 Å². The van der Waals surface area contributed by atoms with Gasteiger partial charge in [-0.25, -0.2) is 0 Å². The van der Waals surface area contributed by atoms with E-state index in [1.165, 1.54) is 26.4 Å². The number of carbonyl (C=O) groups is 1. The van der Waals surface area contributed by atoms with Gasteiger partial charge in [0.25, 0.3) is 0 Å². The predicted molar refractivity (Wildman–Crippen MR) is 71.3 cm³/mol. The van der Waals surface area contributed by atoms with Crippen LogP contribution < -0.4 is 0 Å². The number of halogens is 1. The average molecular weight is 305 g/mol. The van der Waals surface area contributed by atoms with Gasteiger partial charge < -0.3 is 9.47 Å². The Kier molecular flexibility index (Phi) is 6.82. The SMILES string of the molecule is CCCCCC1OC1C(Br)C=CCC(=O)OC. The van der Waals surface area contributed by atoms with Crippen molar-refractivity contribution in [2.75, 3.05) is 7.11 Å². The molecule has 3 nitrogen and oxygen atoms in total. The molecule has 1 rings (SSSR count). The van der Waals surface area contributed by atoms with E-state index in [0.29, 0.717) is 12.5 Å². The van der Waals surface area contributed by atoms with E-state index in [9.17, 15) is 4.79 Å². The number of hydrogen-bond acceptors (Lipinski definition) is 3. The summed E-state index contributed by atoms with van der Waals surface area (Å²) in [5.41, 5.74) is 0. The number of rotatable bonds is 8. The third kappa shape index (κ3) is 5.68. The third-order valence-electron chi connectivity index (χ3n) is 2.86. The van der Waals surface area contributed by atoms with Crippen LogP contribution in [0, 0.1) is 0 Å². The van der Waals surface area contributed by atoms with Crippen LogP contribution in [0.1, 0.15) is 39.0 Å². The summed E-state index contributed by atoms with van der Waals surface area (Å²) < 4.78 is 10.2. The Labute approximate surface area is 112 Å². The quantitative estimate of drug-likeness (QED) is 0.227. The summed E-state index contributed by atoms with van der Waals surface area (Å²) in [6, 6.07) is 0. The lowest BCUT2D eigenvalue weighted by atomic mass is 10.1. The lowest BCUT2D eigenvalue weighted by Gasteiger charge is -1.99. The van der Waals surface area contributed by atoms with Crippen molar-refractivity contribution in [3.8, 4) is 0 Å². The van der Waals surface area contributed by atoms with Crippen LogP contribution in [0.25, 0.3) is 0 Å². The number of epoxide rings is 1. The molecule has 3 unspecified atom stereocenters. The highest BCUT2D eigenvalue weighted by molar-refractivity contribution is 9.09. The van der Waals surface area contributed by atoms with Crippen molar-refractivity contribution >= 4 is 21.9 Å². The first-order chi connectivity index (χ1) is 8.19. The van der Waals surface area contributed by atoms with E-state index in [-0.39, 0.29) is 16.9 Å². The van der Waals surface area contributed by atoms with Gasteiger partial charge in [-0.2, -0.15) is 0 Å². The molecule has 4 heteroatoms. The Morgan fingerprint density at radius 1 is 1.53 bits per heavy atom. The van der Waals surface area contributed by atoms with E-state index in [4.69, 9.17) is 4.74 Å². The second-order valence-corrected chi connectivity index (χ2v) is 5.35. The minimum Gasteiger partial charge on any atom is -0.469 e. The van der Waals surface area contributed by atoms with Crippen molar-refractivity contribution in [3.63, 3.8) is 0 Å². The maximum absolute atomic E-state index is 10.9. The first-order valence-electron chi connectivity index (χ1n) is 6.22. The minimum atomic E-state index is -0.211. The molecule has 0 aliphatic carbocycles. The molecule has 1 heterocycles. The molecule has 17 heavy (non-hydrogen) atoms. The molecule has 0 aromatic carbocycles. The summed E-state index contributed by atoms with van der Waals surface area (Å²) in [6.45, 7) is 2.20. The second kappa shape index (κ2) is 7.88. The van der Waals surface area contributed by atoms with Crippen molar-refractivity contribution in [3.05, 3.63) is 12.2 Å². The van der Waals surface area contributed by atoms with Crippen LogP contribution in [-0.2, 0) is 14.3 Å². The zero-order valence-corrected chi connectivity index (χ0v) is 12.1. The average Bonchev–Trinajstić information content (AvgIpc) is 3.08. The number of esters is 1. The molecule has 0 amide bonds. The summed E-state index contributed by atoms with van der Waals surface area (Å²) >= 11 is 3.56. The van der Waals surface area contributed by atoms with Crippen LogP contribution in [0.3, 0.4) is 0 Å². The van der Waals surface area contributed by atoms with E-state index in [0.717, 1.165) is 6.42 Å². The summed E-state index contributed by atoms with van der Waals surface area (Å²) in [5.74, 6) is -0.211. The van der Waals surface area contributed by atoms with Gasteiger partial charge in [0.05, 0.1) is 24.5 Å². The summed E-state index contributed by atoms with van der Waals surface area (Å²) in [6.07, 6.45) is 9.71. The summed E-state index contributed by atoms with van der Waals surface area (Å²) in [5, 5.41) is 0. The first-order valence-corrected chi connectivity index (χ1v) is 7.13. The molecular formula is C13H21BrO3. The zero-order valence-electron chi connectivity index (χ0n) is 10.5. The first kappa shape index (κ1) is 14.7. The highest BCUT2D eigenvalue weighted by Gasteiger charge is 2.41. The molecule has 0 bridgehead atoms. The van der Waals surface area contributed by atoms with Crippen LogP contribution in [0.15, 0.2) is 12.2 Å². The van der Waals surface area contributed by atoms with Gasteiger partial charge >= 0.3 is 5.97 Å². The number of ether oxygens (including phenoxy) is 2. The highest BCUT2D eigenvalue weighted by atomic mass is 79.9. The summed E-state index contributed by atoms with van der Waals surface area (Å²) in [4.78, 5) is 11.1. The topological polar surface area (TPSA) is 38.8 Å². The van der Waals surface area contributed by atoms with E-state index in [1.807, 2.05) is 12.2 Å². The Morgan fingerprint density at radius 2 is 2.29 bits per heavy atom. The molecule has 0 aromatic rings. The zero-order chi connectivity index (χ0) is 12.7. The number of carbonyl (C=O) groups excluding carboxylic acids is 1. The van der Waals surface area contributed by atoms with E-state index >= 15 is 0 Å². The van der Waals surface area contributed by atoms with Gasteiger partial charge in [-0.1, -0.05) is 54.3 Å². The van der Waals surface area contributed by atoms with Gasteiger partial charge in [-0.05, 0) is 6.42 Å². The maximum atomic E-state index is 10.9. The van der Waals surface area contributed by atoms with Crippen LogP contribution in [-0.4, -0.2) is 30.1 Å². The van der Waals surface area contributed by atoms with Crippen molar-refractivity contribution in [2.24, 2.45) is 0 Å². The fraction of sp³-hybridized carbons (Fsp3) is 0.769. The molecular weight excluding hydrogens is 284 g/mol. The molecule has 98 valence electrons. The molecule has 0 N–H and O–H groups in total. The van der Waals surface area contributed by atoms with Gasteiger partial charge in [-0.15, -0.1) is 0 Å².